The van der Waals surface area contributed by atoms with E-state index >= 15 is 0 Å². The number of aromatic nitrogens is 2. The zero-order valence-corrected chi connectivity index (χ0v) is 12.4. The number of hydrogen-bond donors (Lipinski definition) is 2. The second-order valence-corrected chi connectivity index (χ2v) is 5.18. The van der Waals surface area contributed by atoms with Gasteiger partial charge in [0.25, 0.3) is 5.91 Å². The first-order chi connectivity index (χ1) is 10.8. The van der Waals surface area contributed by atoms with Gasteiger partial charge in [-0.15, -0.1) is 0 Å². The van der Waals surface area contributed by atoms with Gasteiger partial charge in [-0.1, -0.05) is 18.2 Å². The quantitative estimate of drug-likeness (QED) is 0.853. The Bertz CT molecular complexity index is 671. The highest BCUT2D eigenvalue weighted by Crippen LogP contribution is 2.20. The third-order valence-corrected chi connectivity index (χ3v) is 3.43. The average Bonchev–Trinajstić information content (AvgIpc) is 3.37. The van der Waals surface area contributed by atoms with Crippen LogP contribution in [0.5, 0.6) is 5.75 Å². The molecule has 0 spiro atoms. The van der Waals surface area contributed by atoms with Gasteiger partial charge in [-0.05, 0) is 25.0 Å². The molecule has 6 nitrogen and oxygen atoms in total. The molecule has 1 heterocycles. The molecule has 1 aliphatic rings. The first kappa shape index (κ1) is 14.3. The lowest BCUT2D eigenvalue weighted by Crippen LogP contribution is -2.26. The molecule has 22 heavy (non-hydrogen) atoms. The number of nitrogens with zero attached hydrogens (tertiary/aromatic N) is 2. The van der Waals surface area contributed by atoms with Crippen LogP contribution in [0.25, 0.3) is 0 Å². The highest BCUT2D eigenvalue weighted by molar-refractivity contribution is 5.92. The molecule has 0 bridgehead atoms. The third-order valence-electron chi connectivity index (χ3n) is 3.43. The van der Waals surface area contributed by atoms with Crippen LogP contribution in [0.4, 0.5) is 5.95 Å². The first-order valence-electron chi connectivity index (χ1n) is 7.26. The van der Waals surface area contributed by atoms with Crippen LogP contribution in [0.3, 0.4) is 0 Å². The minimum atomic E-state index is -0.148. The van der Waals surface area contributed by atoms with Gasteiger partial charge in [-0.2, -0.15) is 0 Å². The van der Waals surface area contributed by atoms with E-state index in [1.54, 1.807) is 19.4 Å². The summed E-state index contributed by atoms with van der Waals surface area (Å²) in [5, 5.41) is 6.03. The number of benzene rings is 1. The van der Waals surface area contributed by atoms with Gasteiger partial charge in [-0.3, -0.25) is 4.79 Å². The Balaban J connectivity index is 1.66. The molecule has 114 valence electrons. The van der Waals surface area contributed by atoms with Crippen molar-refractivity contribution in [3.63, 3.8) is 0 Å². The maximum absolute atomic E-state index is 12.0. The summed E-state index contributed by atoms with van der Waals surface area (Å²) in [6, 6.07) is 9.66. The molecular formula is C16H18N4O2. The van der Waals surface area contributed by atoms with E-state index < -0.39 is 0 Å². The SMILES string of the molecule is COc1ccccc1CNc1nccc(C(=O)NC2CC2)n1. The van der Waals surface area contributed by atoms with Crippen molar-refractivity contribution in [3.8, 4) is 5.75 Å². The number of methoxy groups -OCH3 is 1. The van der Waals surface area contributed by atoms with Crippen molar-refractivity contribution in [3.05, 3.63) is 47.8 Å². The molecule has 3 rings (SSSR count). The molecule has 1 aromatic carbocycles. The lowest BCUT2D eigenvalue weighted by molar-refractivity contribution is 0.0946. The van der Waals surface area contributed by atoms with Gasteiger partial charge in [0, 0.05) is 24.3 Å². The second-order valence-electron chi connectivity index (χ2n) is 5.18. The predicted molar refractivity (Wildman–Crippen MR) is 82.8 cm³/mol. The van der Waals surface area contributed by atoms with Crippen LogP contribution in [0, 0.1) is 0 Å². The number of amides is 1. The molecule has 1 aromatic heterocycles. The first-order valence-corrected chi connectivity index (χ1v) is 7.26. The molecule has 1 amide bonds. The Labute approximate surface area is 128 Å². The molecule has 6 heteroatoms. The summed E-state index contributed by atoms with van der Waals surface area (Å²) in [6.07, 6.45) is 3.69. The Kier molecular flexibility index (Phi) is 4.18. The smallest absolute Gasteiger partial charge is 0.270 e. The van der Waals surface area contributed by atoms with Crippen molar-refractivity contribution >= 4 is 11.9 Å². The van der Waals surface area contributed by atoms with Gasteiger partial charge < -0.3 is 15.4 Å². The van der Waals surface area contributed by atoms with Crippen LogP contribution in [0.2, 0.25) is 0 Å². The van der Waals surface area contributed by atoms with Crippen LogP contribution in [-0.2, 0) is 6.54 Å². The van der Waals surface area contributed by atoms with E-state index in [-0.39, 0.29) is 5.91 Å². The van der Waals surface area contributed by atoms with E-state index in [4.69, 9.17) is 4.74 Å². The standard InChI is InChI=1S/C16H18N4O2/c1-22-14-5-3-2-4-11(14)10-18-16-17-9-8-13(20-16)15(21)19-12-6-7-12/h2-5,8-9,12H,6-7,10H2,1H3,(H,19,21)(H,17,18,20). The lowest BCUT2D eigenvalue weighted by atomic mass is 10.2. The highest BCUT2D eigenvalue weighted by atomic mass is 16.5. The van der Waals surface area contributed by atoms with E-state index in [1.807, 2.05) is 24.3 Å². The summed E-state index contributed by atoms with van der Waals surface area (Å²) in [6.45, 7) is 0.526. The van der Waals surface area contributed by atoms with Gasteiger partial charge in [0.2, 0.25) is 5.95 Å². The minimum Gasteiger partial charge on any atom is -0.496 e. The predicted octanol–water partition coefficient (Wildman–Crippen LogP) is 1.99. The molecule has 1 fully saturated rings. The topological polar surface area (TPSA) is 76.1 Å². The largest absolute Gasteiger partial charge is 0.496 e. The Morgan fingerprint density at radius 2 is 2.14 bits per heavy atom. The van der Waals surface area contributed by atoms with Gasteiger partial charge in [-0.25, -0.2) is 9.97 Å². The number of hydrogen-bond acceptors (Lipinski definition) is 5. The molecule has 2 aromatic rings. The van der Waals surface area contributed by atoms with Crippen molar-refractivity contribution in [2.45, 2.75) is 25.4 Å². The summed E-state index contributed by atoms with van der Waals surface area (Å²) in [7, 11) is 1.64. The van der Waals surface area contributed by atoms with Crippen molar-refractivity contribution in [2.24, 2.45) is 0 Å². The zero-order valence-electron chi connectivity index (χ0n) is 12.4. The number of para-hydroxylation sites is 1. The highest BCUT2D eigenvalue weighted by Gasteiger charge is 2.24. The maximum Gasteiger partial charge on any atom is 0.270 e. The molecular weight excluding hydrogens is 280 g/mol. The Hall–Kier alpha value is -2.63. The van der Waals surface area contributed by atoms with Crippen LogP contribution in [-0.4, -0.2) is 29.0 Å². The monoisotopic (exact) mass is 298 g/mol. The van der Waals surface area contributed by atoms with Crippen molar-refractivity contribution < 1.29 is 9.53 Å². The van der Waals surface area contributed by atoms with E-state index in [9.17, 15) is 4.79 Å². The number of carbonyl (C=O) groups excluding carboxylic acids is 1. The number of anilines is 1. The summed E-state index contributed by atoms with van der Waals surface area (Å²) >= 11 is 0. The fraction of sp³-hybridized carbons (Fsp3) is 0.312. The van der Waals surface area contributed by atoms with E-state index in [1.165, 1.54) is 0 Å². The zero-order chi connectivity index (χ0) is 15.4. The molecule has 2 N–H and O–H groups in total. The Morgan fingerprint density at radius 1 is 1.32 bits per heavy atom. The molecule has 0 saturated heterocycles. The normalized spacial score (nSPS) is 13.5. The van der Waals surface area contributed by atoms with Crippen LogP contribution in [0.1, 0.15) is 28.9 Å². The lowest BCUT2D eigenvalue weighted by Gasteiger charge is -2.10. The molecule has 1 saturated carbocycles. The summed E-state index contributed by atoms with van der Waals surface area (Å²) < 4.78 is 5.30. The fourth-order valence-corrected chi connectivity index (χ4v) is 2.08. The second kappa shape index (κ2) is 6.43. The molecule has 1 aliphatic carbocycles. The number of ether oxygens (including phenoxy) is 1. The van der Waals surface area contributed by atoms with Crippen LogP contribution >= 0.6 is 0 Å². The van der Waals surface area contributed by atoms with Crippen molar-refractivity contribution in [2.75, 3.05) is 12.4 Å². The molecule has 0 aliphatic heterocycles. The number of carbonyl (C=O) groups is 1. The fourth-order valence-electron chi connectivity index (χ4n) is 2.08. The van der Waals surface area contributed by atoms with Gasteiger partial charge >= 0.3 is 0 Å². The molecule has 0 atom stereocenters. The van der Waals surface area contributed by atoms with E-state index in [2.05, 4.69) is 20.6 Å². The summed E-state index contributed by atoms with van der Waals surface area (Å²) in [4.78, 5) is 20.4. The molecule has 0 radical (unpaired) electrons. The van der Waals surface area contributed by atoms with Gasteiger partial charge in [0.15, 0.2) is 0 Å². The summed E-state index contributed by atoms with van der Waals surface area (Å²) in [5.41, 5.74) is 1.38. The minimum absolute atomic E-state index is 0.148. The third kappa shape index (κ3) is 3.52. The average molecular weight is 298 g/mol. The van der Waals surface area contributed by atoms with Crippen molar-refractivity contribution in [1.29, 1.82) is 0 Å². The number of nitrogens with one attached hydrogen (secondary N) is 2. The van der Waals surface area contributed by atoms with Gasteiger partial charge in [0.05, 0.1) is 7.11 Å². The summed E-state index contributed by atoms with van der Waals surface area (Å²) in [5.74, 6) is 1.08. The van der Waals surface area contributed by atoms with Crippen LogP contribution in [0.15, 0.2) is 36.5 Å². The van der Waals surface area contributed by atoms with E-state index in [0.717, 1.165) is 24.2 Å². The number of rotatable bonds is 6. The van der Waals surface area contributed by atoms with Crippen molar-refractivity contribution in [1.82, 2.24) is 15.3 Å². The molecule has 0 unspecified atom stereocenters. The Morgan fingerprint density at radius 3 is 2.91 bits per heavy atom. The van der Waals surface area contributed by atoms with E-state index in [0.29, 0.717) is 24.2 Å². The van der Waals surface area contributed by atoms with Crippen LogP contribution < -0.4 is 15.4 Å². The maximum atomic E-state index is 12.0. The van der Waals surface area contributed by atoms with Gasteiger partial charge in [0.1, 0.15) is 11.4 Å².